The molecule has 0 aromatic heterocycles. The topological polar surface area (TPSA) is 78.9 Å². The fraction of sp³-hybridized carbons (Fsp3) is 0.780. The lowest BCUT2D eigenvalue weighted by Crippen LogP contribution is -2.30. The molecule has 6 nitrogen and oxygen atoms in total. The van der Waals surface area contributed by atoms with E-state index in [2.05, 4.69) is 69.4 Å². The van der Waals surface area contributed by atoms with Crippen LogP contribution in [0, 0.1) is 0 Å². The number of rotatable bonds is 42. The van der Waals surface area contributed by atoms with Gasteiger partial charge in [-0.1, -0.05) is 179 Å². The van der Waals surface area contributed by atoms with Gasteiger partial charge < -0.3 is 14.2 Å². The van der Waals surface area contributed by atoms with Gasteiger partial charge in [-0.3, -0.25) is 14.4 Å². The molecule has 56 heavy (non-hydrogen) atoms. The largest absolute Gasteiger partial charge is 0.462 e. The lowest BCUT2D eigenvalue weighted by atomic mass is 10.1. The van der Waals surface area contributed by atoms with Crippen molar-refractivity contribution in [2.75, 3.05) is 13.2 Å². The maximum Gasteiger partial charge on any atom is 0.306 e. The number of carbonyl (C=O) groups is 3. The highest BCUT2D eigenvalue weighted by Gasteiger charge is 2.19. The molecule has 0 radical (unpaired) electrons. The fourth-order valence-corrected chi connectivity index (χ4v) is 6.39. The third-order valence-corrected chi connectivity index (χ3v) is 10.1. The zero-order valence-corrected chi connectivity index (χ0v) is 36.9. The number of allylic oxidation sites excluding steroid dienone is 8. The smallest absolute Gasteiger partial charge is 0.306 e. The van der Waals surface area contributed by atoms with E-state index in [1.807, 2.05) is 0 Å². The Morgan fingerprint density at radius 1 is 0.357 bits per heavy atom. The molecule has 0 aliphatic carbocycles. The van der Waals surface area contributed by atoms with Gasteiger partial charge in [0.15, 0.2) is 6.10 Å². The van der Waals surface area contributed by atoms with Crippen molar-refractivity contribution in [2.24, 2.45) is 0 Å². The van der Waals surface area contributed by atoms with Crippen LogP contribution in [-0.2, 0) is 28.6 Å². The summed E-state index contributed by atoms with van der Waals surface area (Å²) in [5.74, 6) is -0.937. The van der Waals surface area contributed by atoms with Crippen molar-refractivity contribution >= 4 is 17.9 Å². The summed E-state index contributed by atoms with van der Waals surface area (Å²) in [5.41, 5.74) is 0. The molecule has 6 heteroatoms. The second-order valence-corrected chi connectivity index (χ2v) is 15.7. The first-order chi connectivity index (χ1) is 27.5. The van der Waals surface area contributed by atoms with E-state index in [0.717, 1.165) is 89.9 Å². The van der Waals surface area contributed by atoms with E-state index in [1.54, 1.807) is 0 Å². The molecule has 0 bridgehead atoms. The van der Waals surface area contributed by atoms with Crippen molar-refractivity contribution in [1.29, 1.82) is 0 Å². The highest BCUT2D eigenvalue weighted by molar-refractivity contribution is 5.71. The molecule has 0 aromatic carbocycles. The molecule has 0 spiro atoms. The minimum atomic E-state index is -0.789. The average molecular weight is 785 g/mol. The van der Waals surface area contributed by atoms with E-state index in [-0.39, 0.29) is 31.1 Å². The molecule has 0 amide bonds. The van der Waals surface area contributed by atoms with Crippen molar-refractivity contribution < 1.29 is 28.6 Å². The monoisotopic (exact) mass is 785 g/mol. The van der Waals surface area contributed by atoms with Crippen LogP contribution < -0.4 is 0 Å². The number of carbonyl (C=O) groups excluding carboxylic acids is 3. The normalized spacial score (nSPS) is 12.4. The molecule has 0 saturated carbocycles. The number of esters is 3. The highest BCUT2D eigenvalue weighted by Crippen LogP contribution is 2.13. The Morgan fingerprint density at radius 3 is 1.09 bits per heavy atom. The van der Waals surface area contributed by atoms with Crippen molar-refractivity contribution in [3.63, 3.8) is 0 Å². The zero-order chi connectivity index (χ0) is 40.8. The molecule has 324 valence electrons. The van der Waals surface area contributed by atoms with Crippen LogP contribution >= 0.6 is 0 Å². The molecule has 1 unspecified atom stereocenters. The Kier molecular flexibility index (Phi) is 43.0. The van der Waals surface area contributed by atoms with Crippen molar-refractivity contribution in [3.8, 4) is 0 Å². The molecular formula is C50H88O6. The minimum Gasteiger partial charge on any atom is -0.462 e. The van der Waals surface area contributed by atoms with Gasteiger partial charge in [0.25, 0.3) is 0 Å². The van der Waals surface area contributed by atoms with E-state index < -0.39 is 6.10 Å². The molecule has 0 N–H and O–H groups in total. The molecule has 0 aliphatic heterocycles. The summed E-state index contributed by atoms with van der Waals surface area (Å²) in [6.07, 6.45) is 52.4. The fourth-order valence-electron chi connectivity index (χ4n) is 6.39. The van der Waals surface area contributed by atoms with Gasteiger partial charge >= 0.3 is 17.9 Å². The lowest BCUT2D eigenvalue weighted by molar-refractivity contribution is -0.167. The zero-order valence-electron chi connectivity index (χ0n) is 36.9. The van der Waals surface area contributed by atoms with Gasteiger partial charge in [-0.25, -0.2) is 0 Å². The van der Waals surface area contributed by atoms with E-state index in [4.69, 9.17) is 14.2 Å². The summed E-state index contributed by atoms with van der Waals surface area (Å²) in [4.78, 5) is 37.7. The Hall–Kier alpha value is -2.63. The second kappa shape index (κ2) is 45.1. The summed E-state index contributed by atoms with van der Waals surface area (Å²) in [6.45, 7) is 6.49. The number of hydrogen-bond acceptors (Lipinski definition) is 6. The maximum atomic E-state index is 12.7. The lowest BCUT2D eigenvalue weighted by Gasteiger charge is -2.18. The first-order valence-electron chi connectivity index (χ1n) is 23.7. The first kappa shape index (κ1) is 53.4. The third-order valence-electron chi connectivity index (χ3n) is 10.1. The summed E-state index contributed by atoms with van der Waals surface area (Å²) in [5, 5.41) is 0. The Labute approximate surface area is 346 Å². The van der Waals surface area contributed by atoms with Crippen LogP contribution in [0.4, 0.5) is 0 Å². The second-order valence-electron chi connectivity index (χ2n) is 15.7. The van der Waals surface area contributed by atoms with Crippen LogP contribution in [0.2, 0.25) is 0 Å². The summed E-state index contributed by atoms with van der Waals surface area (Å²) in [7, 11) is 0. The van der Waals surface area contributed by atoms with E-state index in [9.17, 15) is 14.4 Å². The predicted molar refractivity (Wildman–Crippen MR) is 238 cm³/mol. The van der Waals surface area contributed by atoms with Crippen molar-refractivity contribution in [1.82, 2.24) is 0 Å². The van der Waals surface area contributed by atoms with Crippen LogP contribution in [0.5, 0.6) is 0 Å². The third kappa shape index (κ3) is 42.5. The van der Waals surface area contributed by atoms with Crippen LogP contribution in [0.1, 0.15) is 233 Å². The predicted octanol–water partition coefficient (Wildman–Crippen LogP) is 15.1. The van der Waals surface area contributed by atoms with Crippen LogP contribution in [-0.4, -0.2) is 37.2 Å². The molecule has 0 aliphatic rings. The standard InChI is InChI=1S/C50H88O6/c1-4-7-10-13-16-19-22-23-24-25-26-27-29-31-34-37-40-43-49(52)55-46-47(45-54-48(51)42-39-36-33-30-21-18-15-12-9-6-3)56-50(53)44-41-38-35-32-28-20-17-14-11-8-5-2/h14-15,17-18,20,23-24,28,47H,4-13,16,19,21-22,25-27,29-46H2,1-3H3/b17-14-,18-15-,24-23-,28-20-. The first-order valence-corrected chi connectivity index (χ1v) is 23.7. The van der Waals surface area contributed by atoms with Gasteiger partial charge in [0.2, 0.25) is 0 Å². The van der Waals surface area contributed by atoms with Gasteiger partial charge in [-0.15, -0.1) is 0 Å². The minimum absolute atomic E-state index is 0.0897. The van der Waals surface area contributed by atoms with Gasteiger partial charge in [-0.05, 0) is 83.5 Å². The van der Waals surface area contributed by atoms with E-state index in [0.29, 0.717) is 19.3 Å². The average Bonchev–Trinajstić information content (AvgIpc) is 3.19. The number of ether oxygens (including phenoxy) is 3. The quantitative estimate of drug-likeness (QED) is 0.0202. The van der Waals surface area contributed by atoms with Crippen LogP contribution in [0.3, 0.4) is 0 Å². The molecule has 0 rings (SSSR count). The van der Waals surface area contributed by atoms with E-state index >= 15 is 0 Å². The Balaban J connectivity index is 4.36. The Bertz CT molecular complexity index is 996. The number of unbranched alkanes of at least 4 members (excludes halogenated alkanes) is 24. The SMILES string of the molecule is CCCC/C=C\C=C/CCCCCC(=O)OC(COC(=O)CCCCCC/C=C\CCCC)COC(=O)CCCCCCCCC/C=C\CCCCCCCC. The maximum absolute atomic E-state index is 12.7. The molecule has 1 atom stereocenters. The van der Waals surface area contributed by atoms with Crippen LogP contribution in [0.25, 0.3) is 0 Å². The van der Waals surface area contributed by atoms with Gasteiger partial charge in [0.1, 0.15) is 13.2 Å². The molecule has 0 aromatic rings. The Morgan fingerprint density at radius 2 is 0.661 bits per heavy atom. The summed E-state index contributed by atoms with van der Waals surface area (Å²) in [6, 6.07) is 0. The van der Waals surface area contributed by atoms with Crippen LogP contribution in [0.15, 0.2) is 48.6 Å². The molecular weight excluding hydrogens is 697 g/mol. The summed E-state index contributed by atoms with van der Waals surface area (Å²) < 4.78 is 16.7. The number of hydrogen-bond donors (Lipinski definition) is 0. The van der Waals surface area contributed by atoms with Gasteiger partial charge in [0, 0.05) is 19.3 Å². The highest BCUT2D eigenvalue weighted by atomic mass is 16.6. The van der Waals surface area contributed by atoms with Gasteiger partial charge in [0.05, 0.1) is 0 Å². The molecule has 0 fully saturated rings. The van der Waals surface area contributed by atoms with Crippen molar-refractivity contribution in [3.05, 3.63) is 48.6 Å². The van der Waals surface area contributed by atoms with Crippen molar-refractivity contribution in [2.45, 2.75) is 239 Å². The summed E-state index contributed by atoms with van der Waals surface area (Å²) >= 11 is 0. The van der Waals surface area contributed by atoms with E-state index in [1.165, 1.54) is 103 Å². The molecule has 0 heterocycles. The van der Waals surface area contributed by atoms with Gasteiger partial charge in [-0.2, -0.15) is 0 Å². The molecule has 0 saturated heterocycles.